The standard InChI is InChI=1S/C10H9N5O/c1-6-13-9-8(16-6)4-3-7(14-9)10-11-5-12-15(10)2/h3-5H,1-2H3. The van der Waals surface area contributed by atoms with E-state index in [1.54, 1.807) is 11.6 Å². The van der Waals surface area contributed by atoms with E-state index in [1.807, 2.05) is 19.2 Å². The molecule has 0 saturated heterocycles. The normalized spacial score (nSPS) is 11.1. The van der Waals surface area contributed by atoms with Crippen molar-refractivity contribution in [3.63, 3.8) is 0 Å². The van der Waals surface area contributed by atoms with Crippen LogP contribution in [-0.2, 0) is 7.05 Å². The summed E-state index contributed by atoms with van der Waals surface area (Å²) in [6, 6.07) is 3.68. The van der Waals surface area contributed by atoms with Crippen molar-refractivity contribution in [1.29, 1.82) is 0 Å². The van der Waals surface area contributed by atoms with Gasteiger partial charge in [0.05, 0.1) is 0 Å². The summed E-state index contributed by atoms with van der Waals surface area (Å²) in [6.07, 6.45) is 1.50. The van der Waals surface area contributed by atoms with Crippen molar-refractivity contribution in [3.05, 3.63) is 24.4 Å². The number of fused-ring (bicyclic) bond motifs is 1. The van der Waals surface area contributed by atoms with Gasteiger partial charge >= 0.3 is 0 Å². The van der Waals surface area contributed by atoms with Crippen molar-refractivity contribution in [2.45, 2.75) is 6.92 Å². The molecule has 0 amide bonds. The summed E-state index contributed by atoms with van der Waals surface area (Å²) in [5.74, 6) is 1.32. The first-order chi connectivity index (χ1) is 7.74. The lowest BCUT2D eigenvalue weighted by molar-refractivity contribution is 0.561. The molecule has 0 aliphatic rings. The third kappa shape index (κ3) is 1.27. The maximum Gasteiger partial charge on any atom is 0.199 e. The Balaban J connectivity index is 2.22. The quantitative estimate of drug-likeness (QED) is 0.612. The van der Waals surface area contributed by atoms with Crippen LogP contribution in [0.1, 0.15) is 5.89 Å². The van der Waals surface area contributed by atoms with Gasteiger partial charge in [-0.25, -0.2) is 14.6 Å². The molecule has 0 saturated carbocycles. The summed E-state index contributed by atoms with van der Waals surface area (Å²) < 4.78 is 7.02. The van der Waals surface area contributed by atoms with Crippen LogP contribution in [0.25, 0.3) is 22.7 Å². The van der Waals surface area contributed by atoms with E-state index in [9.17, 15) is 0 Å². The zero-order valence-corrected chi connectivity index (χ0v) is 8.88. The van der Waals surface area contributed by atoms with Gasteiger partial charge in [-0.2, -0.15) is 10.1 Å². The Kier molecular flexibility index (Phi) is 1.76. The molecule has 3 rings (SSSR count). The van der Waals surface area contributed by atoms with E-state index in [-0.39, 0.29) is 0 Å². The number of rotatable bonds is 1. The highest BCUT2D eigenvalue weighted by Gasteiger charge is 2.09. The largest absolute Gasteiger partial charge is 0.439 e. The van der Waals surface area contributed by atoms with Gasteiger partial charge in [-0.1, -0.05) is 0 Å². The van der Waals surface area contributed by atoms with Crippen molar-refractivity contribution in [2.75, 3.05) is 0 Å². The summed E-state index contributed by atoms with van der Waals surface area (Å²) in [6.45, 7) is 1.80. The highest BCUT2D eigenvalue weighted by atomic mass is 16.3. The van der Waals surface area contributed by atoms with Gasteiger partial charge in [0.25, 0.3) is 0 Å². The van der Waals surface area contributed by atoms with Crippen molar-refractivity contribution in [1.82, 2.24) is 24.7 Å². The number of pyridine rings is 1. The third-order valence-corrected chi connectivity index (χ3v) is 2.30. The Hall–Kier alpha value is -2.24. The fourth-order valence-corrected chi connectivity index (χ4v) is 1.58. The Morgan fingerprint density at radius 1 is 1.25 bits per heavy atom. The van der Waals surface area contributed by atoms with Crippen molar-refractivity contribution < 1.29 is 4.42 Å². The van der Waals surface area contributed by atoms with E-state index in [4.69, 9.17) is 4.42 Å². The molecule has 6 heteroatoms. The molecular weight excluding hydrogens is 206 g/mol. The first kappa shape index (κ1) is 9.02. The van der Waals surface area contributed by atoms with Crippen LogP contribution in [0.2, 0.25) is 0 Å². The molecule has 0 aliphatic heterocycles. The maximum atomic E-state index is 5.35. The lowest BCUT2D eigenvalue weighted by Gasteiger charge is -1.97. The number of aromatic nitrogens is 5. The molecule has 0 aliphatic carbocycles. The minimum atomic E-state index is 0.595. The summed E-state index contributed by atoms with van der Waals surface area (Å²) in [7, 11) is 1.82. The highest BCUT2D eigenvalue weighted by Crippen LogP contribution is 2.18. The molecule has 0 fully saturated rings. The molecule has 0 bridgehead atoms. The average Bonchev–Trinajstić information content (AvgIpc) is 2.81. The van der Waals surface area contributed by atoms with Gasteiger partial charge in [0.1, 0.15) is 12.0 Å². The lowest BCUT2D eigenvalue weighted by atomic mass is 10.3. The van der Waals surface area contributed by atoms with Gasteiger partial charge in [0.15, 0.2) is 22.9 Å². The minimum absolute atomic E-state index is 0.595. The Labute approximate surface area is 91.0 Å². The fraction of sp³-hybridized carbons (Fsp3) is 0.200. The number of hydrogen-bond acceptors (Lipinski definition) is 5. The molecule has 0 unspecified atom stereocenters. The molecule has 0 spiro atoms. The van der Waals surface area contributed by atoms with Gasteiger partial charge in [-0.05, 0) is 12.1 Å². The van der Waals surface area contributed by atoms with Crippen LogP contribution in [0.4, 0.5) is 0 Å². The molecule has 80 valence electrons. The van der Waals surface area contributed by atoms with E-state index in [2.05, 4.69) is 20.1 Å². The van der Waals surface area contributed by atoms with Gasteiger partial charge < -0.3 is 4.42 Å². The smallest absolute Gasteiger partial charge is 0.199 e. The van der Waals surface area contributed by atoms with Gasteiger partial charge in [-0.3, -0.25) is 0 Å². The van der Waals surface area contributed by atoms with Crippen LogP contribution in [-0.4, -0.2) is 24.7 Å². The topological polar surface area (TPSA) is 69.6 Å². The second-order valence-corrected chi connectivity index (χ2v) is 3.46. The lowest BCUT2D eigenvalue weighted by Crippen LogP contribution is -1.96. The molecule has 3 heterocycles. The van der Waals surface area contributed by atoms with E-state index in [1.165, 1.54) is 6.33 Å². The number of aryl methyl sites for hydroxylation is 2. The number of oxazole rings is 1. The highest BCUT2D eigenvalue weighted by molar-refractivity contribution is 5.71. The zero-order chi connectivity index (χ0) is 11.1. The fourth-order valence-electron chi connectivity index (χ4n) is 1.58. The Bertz CT molecular complexity index is 654. The Morgan fingerprint density at radius 3 is 2.88 bits per heavy atom. The predicted octanol–water partition coefficient (Wildman–Crippen LogP) is 1.33. The van der Waals surface area contributed by atoms with Gasteiger partial charge in [0.2, 0.25) is 0 Å². The number of nitrogens with zero attached hydrogens (tertiary/aromatic N) is 5. The summed E-state index contributed by atoms with van der Waals surface area (Å²) in [5.41, 5.74) is 2.02. The molecule has 16 heavy (non-hydrogen) atoms. The second kappa shape index (κ2) is 3.13. The zero-order valence-electron chi connectivity index (χ0n) is 8.88. The first-order valence-corrected chi connectivity index (χ1v) is 4.82. The first-order valence-electron chi connectivity index (χ1n) is 4.82. The maximum absolute atomic E-state index is 5.35. The summed E-state index contributed by atoms with van der Waals surface area (Å²) >= 11 is 0. The number of hydrogen-bond donors (Lipinski definition) is 0. The molecule has 0 N–H and O–H groups in total. The molecule has 3 aromatic heterocycles. The van der Waals surface area contributed by atoms with E-state index in [0.717, 1.165) is 5.69 Å². The third-order valence-electron chi connectivity index (χ3n) is 2.30. The predicted molar refractivity (Wildman–Crippen MR) is 56.5 cm³/mol. The van der Waals surface area contributed by atoms with Gasteiger partial charge in [-0.15, -0.1) is 0 Å². The van der Waals surface area contributed by atoms with Crippen LogP contribution in [0.15, 0.2) is 22.9 Å². The monoisotopic (exact) mass is 215 g/mol. The average molecular weight is 215 g/mol. The van der Waals surface area contributed by atoms with E-state index in [0.29, 0.717) is 22.9 Å². The molecular formula is C10H9N5O. The van der Waals surface area contributed by atoms with E-state index < -0.39 is 0 Å². The van der Waals surface area contributed by atoms with Crippen molar-refractivity contribution >= 4 is 11.2 Å². The van der Waals surface area contributed by atoms with E-state index >= 15 is 0 Å². The van der Waals surface area contributed by atoms with Crippen LogP contribution >= 0.6 is 0 Å². The summed E-state index contributed by atoms with van der Waals surface area (Å²) in [4.78, 5) is 12.7. The van der Waals surface area contributed by atoms with Crippen LogP contribution in [0.3, 0.4) is 0 Å². The minimum Gasteiger partial charge on any atom is -0.439 e. The Morgan fingerprint density at radius 2 is 2.12 bits per heavy atom. The second-order valence-electron chi connectivity index (χ2n) is 3.46. The summed E-state index contributed by atoms with van der Waals surface area (Å²) in [5, 5.41) is 4.00. The SMILES string of the molecule is Cc1nc2nc(-c3ncnn3C)ccc2o1. The van der Waals surface area contributed by atoms with Crippen LogP contribution in [0, 0.1) is 6.92 Å². The molecule has 3 aromatic rings. The van der Waals surface area contributed by atoms with Crippen LogP contribution < -0.4 is 0 Å². The molecule has 6 nitrogen and oxygen atoms in total. The molecule has 0 aromatic carbocycles. The van der Waals surface area contributed by atoms with Crippen molar-refractivity contribution in [3.8, 4) is 11.5 Å². The van der Waals surface area contributed by atoms with Gasteiger partial charge in [0, 0.05) is 14.0 Å². The molecule has 0 atom stereocenters. The van der Waals surface area contributed by atoms with Crippen molar-refractivity contribution in [2.24, 2.45) is 7.05 Å². The van der Waals surface area contributed by atoms with Crippen LogP contribution in [0.5, 0.6) is 0 Å². The molecule has 0 radical (unpaired) electrons.